The molecule has 109 valence electrons. The van der Waals surface area contributed by atoms with Crippen LogP contribution in [0.2, 0.25) is 0 Å². The second-order valence-electron chi connectivity index (χ2n) is 5.05. The fourth-order valence-electron chi connectivity index (χ4n) is 2.74. The summed E-state index contributed by atoms with van der Waals surface area (Å²) in [5, 5.41) is 4.90. The summed E-state index contributed by atoms with van der Waals surface area (Å²) in [7, 11) is 0. The SMILES string of the molecule is [Ir].[c-]1ccccc1[N+]1=NC(c2ccccc2)c2ccccc21. The Labute approximate surface area is 143 Å². The van der Waals surface area contributed by atoms with Gasteiger partial charge < -0.3 is 0 Å². The zero-order valence-corrected chi connectivity index (χ0v) is 14.2. The predicted octanol–water partition coefficient (Wildman–Crippen LogP) is 4.87. The number of fused-ring (bicyclic) bond motifs is 1. The van der Waals surface area contributed by atoms with E-state index in [-0.39, 0.29) is 26.1 Å². The monoisotopic (exact) mass is 463 g/mol. The topological polar surface area (TPSA) is 15.4 Å². The minimum atomic E-state index is 0. The van der Waals surface area contributed by atoms with Gasteiger partial charge in [0, 0.05) is 26.2 Å². The van der Waals surface area contributed by atoms with Crippen molar-refractivity contribution in [1.29, 1.82) is 0 Å². The second-order valence-corrected chi connectivity index (χ2v) is 5.05. The van der Waals surface area contributed by atoms with Crippen LogP contribution in [0.1, 0.15) is 17.2 Å². The summed E-state index contributed by atoms with van der Waals surface area (Å²) in [4.78, 5) is 0. The van der Waals surface area contributed by atoms with Gasteiger partial charge in [-0.15, -0.1) is 6.07 Å². The summed E-state index contributed by atoms with van der Waals surface area (Å²) in [6, 6.07) is 30.1. The van der Waals surface area contributed by atoms with Crippen LogP contribution in [0.3, 0.4) is 0 Å². The van der Waals surface area contributed by atoms with Crippen molar-refractivity contribution in [3.8, 4) is 0 Å². The molecule has 1 heterocycles. The van der Waals surface area contributed by atoms with E-state index in [2.05, 4.69) is 54.6 Å². The predicted molar refractivity (Wildman–Crippen MR) is 83.9 cm³/mol. The molecule has 1 aliphatic rings. The molecule has 1 atom stereocenters. The van der Waals surface area contributed by atoms with Gasteiger partial charge in [0.05, 0.1) is 5.56 Å². The van der Waals surface area contributed by atoms with Crippen LogP contribution in [0.25, 0.3) is 0 Å². The average molecular weight is 463 g/mol. The third kappa shape index (κ3) is 2.54. The van der Waals surface area contributed by atoms with E-state index in [9.17, 15) is 0 Å². The average Bonchev–Trinajstić information content (AvgIpc) is 2.96. The van der Waals surface area contributed by atoms with Crippen LogP contribution in [-0.2, 0) is 20.1 Å². The van der Waals surface area contributed by atoms with Crippen LogP contribution in [0.4, 0.5) is 11.4 Å². The van der Waals surface area contributed by atoms with E-state index in [4.69, 9.17) is 5.11 Å². The molecule has 0 spiro atoms. The van der Waals surface area contributed by atoms with Crippen molar-refractivity contribution in [3.63, 3.8) is 0 Å². The molecule has 1 unspecified atom stereocenters. The number of hydrogen-bond donors (Lipinski definition) is 0. The van der Waals surface area contributed by atoms with Gasteiger partial charge in [0.2, 0.25) is 5.69 Å². The molecule has 0 saturated heterocycles. The summed E-state index contributed by atoms with van der Waals surface area (Å²) in [6.07, 6.45) is 0. The van der Waals surface area contributed by atoms with Gasteiger partial charge in [-0.3, -0.25) is 0 Å². The molecule has 0 N–H and O–H groups in total. The van der Waals surface area contributed by atoms with Crippen LogP contribution in [0, 0.1) is 6.07 Å². The minimum absolute atomic E-state index is 0. The zero-order chi connectivity index (χ0) is 14.1. The van der Waals surface area contributed by atoms with E-state index in [1.165, 1.54) is 11.1 Å². The summed E-state index contributed by atoms with van der Waals surface area (Å²) in [6.45, 7) is 0. The van der Waals surface area contributed by atoms with Crippen molar-refractivity contribution >= 4 is 11.4 Å². The van der Waals surface area contributed by atoms with Gasteiger partial charge >= 0.3 is 0 Å². The molecule has 4 rings (SSSR count). The molecule has 3 heteroatoms. The Morgan fingerprint density at radius 3 is 2.32 bits per heavy atom. The maximum absolute atomic E-state index is 4.90. The first-order valence-corrected chi connectivity index (χ1v) is 7.05. The summed E-state index contributed by atoms with van der Waals surface area (Å²) in [5.74, 6) is 0. The quantitative estimate of drug-likeness (QED) is 0.381. The van der Waals surface area contributed by atoms with Gasteiger partial charge in [-0.2, -0.15) is 18.2 Å². The molecule has 3 aromatic carbocycles. The van der Waals surface area contributed by atoms with E-state index < -0.39 is 0 Å². The van der Waals surface area contributed by atoms with Gasteiger partial charge in [0.15, 0.2) is 6.04 Å². The van der Waals surface area contributed by atoms with Crippen molar-refractivity contribution in [1.82, 2.24) is 4.70 Å². The maximum Gasteiger partial charge on any atom is 0.241 e. The number of para-hydroxylation sites is 2. The Hall–Kier alpha value is -2.09. The first kappa shape index (κ1) is 14.8. The van der Waals surface area contributed by atoms with E-state index in [1.54, 1.807) is 0 Å². The Balaban J connectivity index is 0.00000144. The van der Waals surface area contributed by atoms with Gasteiger partial charge in [-0.05, 0) is 16.7 Å². The molecule has 0 aromatic heterocycles. The molecule has 1 aliphatic heterocycles. The van der Waals surface area contributed by atoms with Crippen LogP contribution in [0.15, 0.2) is 84.0 Å². The van der Waals surface area contributed by atoms with E-state index >= 15 is 0 Å². The molecule has 0 amide bonds. The van der Waals surface area contributed by atoms with Crippen LogP contribution >= 0.6 is 0 Å². The first-order chi connectivity index (χ1) is 10.4. The van der Waals surface area contributed by atoms with Crippen molar-refractivity contribution in [3.05, 3.63) is 96.1 Å². The Morgan fingerprint density at radius 2 is 1.55 bits per heavy atom. The molecule has 2 nitrogen and oxygen atoms in total. The van der Waals surface area contributed by atoms with Crippen LogP contribution in [0.5, 0.6) is 0 Å². The maximum atomic E-state index is 4.90. The Morgan fingerprint density at radius 1 is 0.818 bits per heavy atom. The third-order valence-electron chi connectivity index (χ3n) is 3.73. The van der Waals surface area contributed by atoms with Gasteiger partial charge in [0.25, 0.3) is 0 Å². The number of nitrogens with zero attached hydrogens (tertiary/aromatic N) is 2. The van der Waals surface area contributed by atoms with Crippen LogP contribution < -0.4 is 4.70 Å². The molecule has 0 bridgehead atoms. The fourth-order valence-corrected chi connectivity index (χ4v) is 2.74. The van der Waals surface area contributed by atoms with Gasteiger partial charge in [-0.1, -0.05) is 53.2 Å². The minimum Gasteiger partial charge on any atom is -0.171 e. The summed E-state index contributed by atoms with van der Waals surface area (Å²) < 4.78 is 1.99. The van der Waals surface area contributed by atoms with Crippen molar-refractivity contribution in [2.24, 2.45) is 5.11 Å². The van der Waals surface area contributed by atoms with Crippen molar-refractivity contribution in [2.75, 3.05) is 0 Å². The van der Waals surface area contributed by atoms with Gasteiger partial charge in [0.1, 0.15) is 5.69 Å². The Bertz CT molecular complexity index is 798. The van der Waals surface area contributed by atoms with Crippen LogP contribution in [-0.4, -0.2) is 0 Å². The molecule has 22 heavy (non-hydrogen) atoms. The molecule has 1 radical (unpaired) electrons. The smallest absolute Gasteiger partial charge is 0.171 e. The molecule has 3 aromatic rings. The summed E-state index contributed by atoms with van der Waals surface area (Å²) in [5.41, 5.74) is 4.56. The fraction of sp³-hybridized carbons (Fsp3) is 0.0526. The normalized spacial score (nSPS) is 15.6. The zero-order valence-electron chi connectivity index (χ0n) is 11.8. The largest absolute Gasteiger partial charge is 0.241 e. The summed E-state index contributed by atoms with van der Waals surface area (Å²) >= 11 is 0. The third-order valence-corrected chi connectivity index (χ3v) is 3.73. The number of hydrogen-bond acceptors (Lipinski definition) is 1. The molecule has 0 aliphatic carbocycles. The van der Waals surface area contributed by atoms with E-state index in [0.717, 1.165) is 11.4 Å². The first-order valence-electron chi connectivity index (χ1n) is 7.05. The standard InChI is InChI=1S/C19H14N2.Ir/c1-3-9-15(10-4-1)19-17-13-7-8-14-18(17)21(20-19)16-11-5-2-6-12-16;/h1-11,13-14,19H;. The molecule has 0 fully saturated rings. The number of azo groups is 2. The number of rotatable bonds is 2. The molecular weight excluding hydrogens is 448 g/mol. The van der Waals surface area contributed by atoms with E-state index in [1.807, 2.05) is 35.0 Å². The second kappa shape index (κ2) is 6.35. The molecular formula is C19H14IrN2. The van der Waals surface area contributed by atoms with Crippen molar-refractivity contribution < 1.29 is 20.1 Å². The molecule has 0 saturated carbocycles. The Kier molecular flexibility index (Phi) is 4.28. The van der Waals surface area contributed by atoms with E-state index in [0.29, 0.717) is 0 Å². The van der Waals surface area contributed by atoms with Gasteiger partial charge in [-0.25, -0.2) is 0 Å². The van der Waals surface area contributed by atoms with Crippen molar-refractivity contribution in [2.45, 2.75) is 6.04 Å². The number of benzene rings is 3.